The lowest BCUT2D eigenvalue weighted by Crippen LogP contribution is -2.38. The summed E-state index contributed by atoms with van der Waals surface area (Å²) in [6, 6.07) is 17.8. The molecule has 0 aliphatic carbocycles. The minimum absolute atomic E-state index is 0.0623. The molecule has 1 amide bonds. The van der Waals surface area contributed by atoms with Gasteiger partial charge in [-0.1, -0.05) is 12.1 Å². The molecule has 3 atom stereocenters. The summed E-state index contributed by atoms with van der Waals surface area (Å²) in [7, 11) is 1.56. The minimum Gasteiger partial charge on any atom is -0.508 e. The molecule has 32 heavy (non-hydrogen) atoms. The molecule has 0 aromatic heterocycles. The lowest BCUT2D eigenvalue weighted by atomic mass is 9.96. The Morgan fingerprint density at radius 1 is 1.00 bits per heavy atom. The van der Waals surface area contributed by atoms with E-state index in [0.717, 1.165) is 0 Å². The van der Waals surface area contributed by atoms with Crippen LogP contribution in [0.1, 0.15) is 11.6 Å². The van der Waals surface area contributed by atoms with Gasteiger partial charge in [0.25, 0.3) is 0 Å². The quantitative estimate of drug-likeness (QED) is 0.578. The number of amides is 1. The van der Waals surface area contributed by atoms with Crippen LogP contribution < -0.4 is 14.4 Å². The second-order valence-electron chi connectivity index (χ2n) is 7.29. The highest BCUT2D eigenvalue weighted by Crippen LogP contribution is 2.39. The van der Waals surface area contributed by atoms with Gasteiger partial charge in [-0.3, -0.25) is 4.90 Å². The molecular formula is C24H22FNO6. The van der Waals surface area contributed by atoms with Crippen molar-refractivity contribution < 1.29 is 33.6 Å². The Morgan fingerprint density at radius 3 is 2.25 bits per heavy atom. The minimum atomic E-state index is -1.16. The van der Waals surface area contributed by atoms with E-state index >= 15 is 0 Å². The fourth-order valence-corrected chi connectivity index (χ4v) is 3.61. The van der Waals surface area contributed by atoms with Crippen molar-refractivity contribution in [3.8, 4) is 17.2 Å². The maximum atomic E-state index is 13.4. The van der Waals surface area contributed by atoms with E-state index in [1.165, 1.54) is 41.3 Å². The van der Waals surface area contributed by atoms with Crippen LogP contribution in [0.5, 0.6) is 17.2 Å². The van der Waals surface area contributed by atoms with Crippen LogP contribution in [-0.4, -0.2) is 42.2 Å². The number of phenolic OH excluding ortho intramolecular Hbond substituents is 1. The summed E-state index contributed by atoms with van der Waals surface area (Å²) in [5.74, 6) is 0.815. The third kappa shape index (κ3) is 4.45. The van der Waals surface area contributed by atoms with Crippen molar-refractivity contribution in [1.29, 1.82) is 0 Å². The predicted octanol–water partition coefficient (Wildman–Crippen LogP) is 4.05. The van der Waals surface area contributed by atoms with Crippen LogP contribution in [0.15, 0.2) is 72.8 Å². The molecular weight excluding hydrogens is 417 g/mol. The molecule has 1 aliphatic heterocycles. The first kappa shape index (κ1) is 21.5. The van der Waals surface area contributed by atoms with Crippen LogP contribution in [0.3, 0.4) is 0 Å². The first-order valence-electron chi connectivity index (χ1n) is 9.95. The smallest absolute Gasteiger partial charge is 0.415 e. The number of aromatic hydroxyl groups is 1. The monoisotopic (exact) mass is 439 g/mol. The molecule has 1 fully saturated rings. The molecule has 0 spiro atoms. The maximum absolute atomic E-state index is 13.4. The second-order valence-corrected chi connectivity index (χ2v) is 7.29. The molecule has 1 heterocycles. The van der Waals surface area contributed by atoms with Crippen LogP contribution in [0, 0.1) is 5.82 Å². The fraction of sp³-hybridized carbons (Fsp3) is 0.208. The standard InChI is InChI=1S/C24H22FNO6/c1-30-19-10-12-20(13-11-19)31-14-21(28)23-22(15-2-8-18(27)9-3-15)26(24(29)32-23)17-6-4-16(25)5-7-17/h2-13,21-23,27-28H,14H2,1H3/t21-,22-,23-/m1/s1. The Labute approximate surface area is 184 Å². The number of hydrogen-bond donors (Lipinski definition) is 2. The zero-order valence-corrected chi connectivity index (χ0v) is 17.2. The van der Waals surface area contributed by atoms with E-state index in [4.69, 9.17) is 14.2 Å². The van der Waals surface area contributed by atoms with Gasteiger partial charge in [0.05, 0.1) is 7.11 Å². The highest BCUT2D eigenvalue weighted by molar-refractivity contribution is 5.91. The van der Waals surface area contributed by atoms with Gasteiger partial charge in [-0.15, -0.1) is 0 Å². The van der Waals surface area contributed by atoms with E-state index in [9.17, 15) is 19.4 Å². The van der Waals surface area contributed by atoms with Crippen molar-refractivity contribution in [2.75, 3.05) is 18.6 Å². The molecule has 166 valence electrons. The van der Waals surface area contributed by atoms with Crippen molar-refractivity contribution in [2.24, 2.45) is 0 Å². The summed E-state index contributed by atoms with van der Waals surface area (Å²) in [6.45, 7) is -0.129. The number of halogens is 1. The van der Waals surface area contributed by atoms with Crippen molar-refractivity contribution >= 4 is 11.8 Å². The SMILES string of the molecule is COc1ccc(OC[C@@H](O)[C@H]2OC(=O)N(c3ccc(F)cc3)[C@@H]2c2ccc(O)cc2)cc1. The van der Waals surface area contributed by atoms with Gasteiger partial charge in [0, 0.05) is 5.69 Å². The average Bonchev–Trinajstić information content (AvgIpc) is 3.16. The Balaban J connectivity index is 1.59. The van der Waals surface area contributed by atoms with Gasteiger partial charge in [0.15, 0.2) is 6.10 Å². The van der Waals surface area contributed by atoms with E-state index in [1.54, 1.807) is 43.5 Å². The summed E-state index contributed by atoms with van der Waals surface area (Å²) in [6.07, 6.45) is -2.80. The summed E-state index contributed by atoms with van der Waals surface area (Å²) in [5, 5.41) is 20.5. The second kappa shape index (κ2) is 9.15. The molecule has 7 nitrogen and oxygen atoms in total. The molecule has 1 saturated heterocycles. The van der Waals surface area contributed by atoms with Gasteiger partial charge in [0.1, 0.15) is 41.8 Å². The zero-order chi connectivity index (χ0) is 22.7. The van der Waals surface area contributed by atoms with Crippen LogP contribution in [0.25, 0.3) is 0 Å². The summed E-state index contributed by atoms with van der Waals surface area (Å²) < 4.78 is 29.7. The summed E-state index contributed by atoms with van der Waals surface area (Å²) in [4.78, 5) is 14.1. The number of hydrogen-bond acceptors (Lipinski definition) is 6. The Kier molecular flexibility index (Phi) is 6.13. The largest absolute Gasteiger partial charge is 0.508 e. The molecule has 3 aromatic carbocycles. The van der Waals surface area contributed by atoms with E-state index in [0.29, 0.717) is 22.7 Å². The van der Waals surface area contributed by atoms with Gasteiger partial charge in [-0.05, 0) is 66.2 Å². The van der Waals surface area contributed by atoms with Crippen LogP contribution in [0.4, 0.5) is 14.9 Å². The van der Waals surface area contributed by atoms with E-state index in [1.807, 2.05) is 0 Å². The first-order chi connectivity index (χ1) is 15.5. The third-order valence-corrected chi connectivity index (χ3v) is 5.22. The lowest BCUT2D eigenvalue weighted by Gasteiger charge is -2.27. The Morgan fingerprint density at radius 2 is 1.62 bits per heavy atom. The number of cyclic esters (lactones) is 1. The van der Waals surface area contributed by atoms with Crippen LogP contribution in [-0.2, 0) is 4.74 Å². The molecule has 0 bridgehead atoms. The molecule has 8 heteroatoms. The van der Waals surface area contributed by atoms with Crippen molar-refractivity contribution in [3.05, 3.63) is 84.2 Å². The van der Waals surface area contributed by atoms with E-state index < -0.39 is 30.2 Å². The highest BCUT2D eigenvalue weighted by Gasteiger charge is 2.47. The van der Waals surface area contributed by atoms with E-state index in [2.05, 4.69) is 0 Å². The van der Waals surface area contributed by atoms with Crippen LogP contribution >= 0.6 is 0 Å². The normalized spacial score (nSPS) is 18.8. The van der Waals surface area contributed by atoms with Crippen molar-refractivity contribution in [3.63, 3.8) is 0 Å². The van der Waals surface area contributed by atoms with Gasteiger partial charge >= 0.3 is 6.09 Å². The number of nitrogens with zero attached hydrogens (tertiary/aromatic N) is 1. The predicted molar refractivity (Wildman–Crippen MR) is 114 cm³/mol. The molecule has 0 radical (unpaired) electrons. The number of ether oxygens (including phenoxy) is 3. The molecule has 4 rings (SSSR count). The summed E-state index contributed by atoms with van der Waals surface area (Å²) >= 11 is 0. The number of benzene rings is 3. The number of carbonyl (C=O) groups excluding carboxylic acids is 1. The topological polar surface area (TPSA) is 88.5 Å². The summed E-state index contributed by atoms with van der Waals surface area (Å²) in [5.41, 5.74) is 1.05. The molecule has 0 unspecified atom stereocenters. The van der Waals surface area contributed by atoms with E-state index in [-0.39, 0.29) is 12.4 Å². The van der Waals surface area contributed by atoms with Crippen molar-refractivity contribution in [2.45, 2.75) is 18.2 Å². The first-order valence-corrected chi connectivity index (χ1v) is 9.95. The average molecular weight is 439 g/mol. The van der Waals surface area contributed by atoms with Gasteiger partial charge in [0.2, 0.25) is 0 Å². The van der Waals surface area contributed by atoms with Crippen LogP contribution in [0.2, 0.25) is 0 Å². The van der Waals surface area contributed by atoms with Crippen molar-refractivity contribution in [1.82, 2.24) is 0 Å². The number of methoxy groups -OCH3 is 1. The number of rotatable bonds is 7. The Bertz CT molecular complexity index is 1060. The number of carbonyl (C=O) groups is 1. The number of phenols is 1. The third-order valence-electron chi connectivity index (χ3n) is 5.22. The number of anilines is 1. The molecule has 3 aromatic rings. The highest BCUT2D eigenvalue weighted by atomic mass is 19.1. The Hall–Kier alpha value is -3.78. The molecule has 1 aliphatic rings. The fourth-order valence-electron chi connectivity index (χ4n) is 3.61. The molecule has 2 N–H and O–H groups in total. The zero-order valence-electron chi connectivity index (χ0n) is 17.2. The van der Waals surface area contributed by atoms with Gasteiger partial charge in [-0.25, -0.2) is 9.18 Å². The van der Waals surface area contributed by atoms with Gasteiger partial charge in [-0.2, -0.15) is 0 Å². The molecule has 0 saturated carbocycles. The lowest BCUT2D eigenvalue weighted by molar-refractivity contribution is -0.00647. The van der Waals surface area contributed by atoms with Gasteiger partial charge < -0.3 is 24.4 Å². The maximum Gasteiger partial charge on any atom is 0.415 e. The number of aliphatic hydroxyl groups is 1. The number of aliphatic hydroxyl groups excluding tert-OH is 1.